The molecule has 7 N–H and O–H groups in total. The highest BCUT2D eigenvalue weighted by molar-refractivity contribution is 8.00. The number of halogens is 1. The van der Waals surface area contributed by atoms with Crippen molar-refractivity contribution in [2.75, 3.05) is 44.2 Å². The summed E-state index contributed by atoms with van der Waals surface area (Å²) >= 11 is 8.39. The Labute approximate surface area is 310 Å². The van der Waals surface area contributed by atoms with Crippen LogP contribution in [-0.2, 0) is 24.0 Å². The van der Waals surface area contributed by atoms with Crippen molar-refractivity contribution in [1.82, 2.24) is 20.1 Å². The summed E-state index contributed by atoms with van der Waals surface area (Å²) in [5.41, 5.74) is 5.86. The van der Waals surface area contributed by atoms with E-state index in [2.05, 4.69) is 15.5 Å². The second kappa shape index (κ2) is 14.8. The second-order valence-electron chi connectivity index (χ2n) is 13.1. The van der Waals surface area contributed by atoms with E-state index < -0.39 is 47.0 Å². The monoisotopic (exact) mass is 778 g/mol. The number of nitrogens with one attached hydrogen (secondary N) is 1. The minimum Gasteiger partial charge on any atom is -0.504 e. The molecule has 0 saturated carbocycles. The number of rotatable bonds is 11. The molecular formula is C32H37ClN7O10S2+. The maximum absolute atomic E-state index is 13.6. The van der Waals surface area contributed by atoms with Gasteiger partial charge in [-0.15, -0.1) is 11.8 Å². The third-order valence-corrected chi connectivity index (χ3v) is 12.4. The summed E-state index contributed by atoms with van der Waals surface area (Å²) in [7, 11) is 0. The summed E-state index contributed by atoms with van der Waals surface area (Å²) in [5.74, 6) is -4.79. The Balaban J connectivity index is 1.17. The smallest absolute Gasteiger partial charge is 0.352 e. The van der Waals surface area contributed by atoms with Gasteiger partial charge in [-0.1, -0.05) is 28.1 Å². The van der Waals surface area contributed by atoms with Gasteiger partial charge in [0.2, 0.25) is 6.10 Å². The quantitative estimate of drug-likeness (QED) is 0.0626. The molecule has 1 aromatic heterocycles. The molecule has 6 rings (SSSR count). The van der Waals surface area contributed by atoms with Crippen molar-refractivity contribution in [2.45, 2.75) is 56.2 Å². The lowest BCUT2D eigenvalue weighted by atomic mass is 9.97. The van der Waals surface area contributed by atoms with Crippen molar-refractivity contribution >= 4 is 75.2 Å². The highest BCUT2D eigenvalue weighted by atomic mass is 35.5. The van der Waals surface area contributed by atoms with Gasteiger partial charge in [0.05, 0.1) is 19.1 Å². The lowest BCUT2D eigenvalue weighted by Crippen LogP contribution is -2.71. The number of nitrogens with two attached hydrogens (primary N) is 1. The average molecular weight is 779 g/mol. The Morgan fingerprint density at radius 2 is 1.85 bits per heavy atom. The molecule has 278 valence electrons. The first-order chi connectivity index (χ1) is 24.7. The number of oxime groups is 1. The minimum absolute atomic E-state index is 0.0111. The zero-order chi connectivity index (χ0) is 37.5. The fourth-order valence-electron chi connectivity index (χ4n) is 7.30. The van der Waals surface area contributed by atoms with Crippen LogP contribution in [-0.4, -0.2) is 137 Å². The Kier molecular flexibility index (Phi) is 10.6. The number of piperidine rings is 1. The molecule has 52 heavy (non-hydrogen) atoms. The Bertz CT molecular complexity index is 1870. The first-order valence-electron chi connectivity index (χ1n) is 16.5. The van der Waals surface area contributed by atoms with E-state index in [4.69, 9.17) is 22.2 Å². The largest absolute Gasteiger partial charge is 0.504 e. The van der Waals surface area contributed by atoms with E-state index in [9.17, 15) is 44.4 Å². The number of hydrogen-bond acceptors (Lipinski definition) is 13. The van der Waals surface area contributed by atoms with E-state index in [0.717, 1.165) is 37.3 Å². The molecule has 3 amide bonds. The number of aromatic hydroxyl groups is 2. The molecule has 3 atom stereocenters. The van der Waals surface area contributed by atoms with Crippen molar-refractivity contribution in [3.05, 3.63) is 45.1 Å². The predicted octanol–water partition coefficient (Wildman–Crippen LogP) is 1.64. The van der Waals surface area contributed by atoms with E-state index in [0.29, 0.717) is 48.3 Å². The fraction of sp³-hybridized carbons (Fsp3) is 0.469. The molecule has 20 heteroatoms. The molecule has 1 aromatic carbocycles. The van der Waals surface area contributed by atoms with Crippen LogP contribution >= 0.6 is 34.7 Å². The number of thiazole rings is 1. The number of carboxylic acids is 2. The zero-order valence-corrected chi connectivity index (χ0v) is 30.2. The third kappa shape index (κ3) is 7.09. The van der Waals surface area contributed by atoms with Gasteiger partial charge in [0.1, 0.15) is 33.7 Å². The second-order valence-corrected chi connectivity index (χ2v) is 15.8. The summed E-state index contributed by atoms with van der Waals surface area (Å²) < 4.78 is 0.634. The van der Waals surface area contributed by atoms with Crippen molar-refractivity contribution in [3.63, 3.8) is 0 Å². The summed E-state index contributed by atoms with van der Waals surface area (Å²) in [6.07, 6.45) is 1.87. The number of carboxylic acid groups (broad SMARTS) is 2. The summed E-state index contributed by atoms with van der Waals surface area (Å²) in [4.78, 5) is 76.1. The van der Waals surface area contributed by atoms with E-state index >= 15 is 0 Å². The lowest BCUT2D eigenvalue weighted by molar-refractivity contribution is -0.937. The number of aromatic nitrogens is 1. The van der Waals surface area contributed by atoms with Crippen LogP contribution in [0.5, 0.6) is 11.5 Å². The highest BCUT2D eigenvalue weighted by Gasteiger charge is 2.56. The SMILES string of the molecule is C[C@H](O/N=C(\C(=O)N[C@@H]1C(=O)N2C(C(=O)O)=C(C[N+]3(C4CCN(C(=O)c5ccc(O)c(O)c5)CC4)CCCC3)CS[C@H]12)c1nc(N)sc1Cl)C(=O)O. The van der Waals surface area contributed by atoms with Crippen molar-refractivity contribution in [2.24, 2.45) is 5.16 Å². The summed E-state index contributed by atoms with van der Waals surface area (Å²) in [6.45, 7) is 4.23. The number of benzene rings is 1. The average Bonchev–Trinajstić information content (AvgIpc) is 3.73. The molecule has 0 spiro atoms. The maximum Gasteiger partial charge on any atom is 0.352 e. The number of β-lactam (4-membered cyclic amide) rings is 1. The van der Waals surface area contributed by atoms with Gasteiger partial charge in [0.15, 0.2) is 22.3 Å². The number of carbonyl (C=O) groups excluding carboxylic acids is 3. The van der Waals surface area contributed by atoms with Gasteiger partial charge in [-0.3, -0.25) is 19.3 Å². The molecule has 5 heterocycles. The van der Waals surface area contributed by atoms with Gasteiger partial charge >= 0.3 is 11.9 Å². The standard InChI is InChI=1S/C32H36ClN7O10S2/c1-15(30(46)47)50-37-22(21-25(33)52-32(34)36-21)26(43)35-23-28(45)39-24(31(48)49)17(14-51-29(23)39)13-40(10-2-3-11-40)18-6-8-38(9-7-18)27(44)16-4-5-19(41)20(42)12-16/h4-5,12,15,18,23,29H,2-3,6-11,13-14H2,1H3,(H6-,34,35,36,37,41,42,43,44,46,47,48,49)/p+1/t15-,23+,29+/m0/s1. The number of fused-ring (bicyclic) bond motifs is 1. The molecule has 3 saturated heterocycles. The van der Waals surface area contributed by atoms with Crippen LogP contribution < -0.4 is 11.1 Å². The van der Waals surface area contributed by atoms with Crippen LogP contribution in [0.25, 0.3) is 0 Å². The Morgan fingerprint density at radius 3 is 2.44 bits per heavy atom. The number of phenols is 2. The zero-order valence-electron chi connectivity index (χ0n) is 27.9. The van der Waals surface area contributed by atoms with Gasteiger partial charge in [0.25, 0.3) is 17.7 Å². The highest BCUT2D eigenvalue weighted by Crippen LogP contribution is 2.43. The number of hydrogen-bond donors (Lipinski definition) is 6. The summed E-state index contributed by atoms with van der Waals surface area (Å²) in [6, 6.07) is 3.02. The van der Waals surface area contributed by atoms with Crippen molar-refractivity contribution in [1.29, 1.82) is 0 Å². The molecule has 3 fully saturated rings. The van der Waals surface area contributed by atoms with Crippen LogP contribution in [0.15, 0.2) is 34.6 Å². The number of amides is 3. The van der Waals surface area contributed by atoms with Gasteiger partial charge in [-0.05, 0) is 25.1 Å². The molecule has 0 aliphatic carbocycles. The molecular weight excluding hydrogens is 742 g/mol. The first-order valence-corrected chi connectivity index (χ1v) is 18.7. The number of carbonyl (C=O) groups is 5. The van der Waals surface area contributed by atoms with Crippen LogP contribution in [0.3, 0.4) is 0 Å². The van der Waals surface area contributed by atoms with E-state index in [1.165, 1.54) is 41.8 Å². The molecule has 0 unspecified atom stereocenters. The maximum atomic E-state index is 13.6. The van der Waals surface area contributed by atoms with Gasteiger partial charge in [-0.2, -0.15) is 0 Å². The molecule has 17 nitrogen and oxygen atoms in total. The third-order valence-electron chi connectivity index (χ3n) is 9.94. The molecule has 4 aliphatic rings. The molecule has 2 aromatic rings. The number of thioether (sulfide) groups is 1. The van der Waals surface area contributed by atoms with Crippen LogP contribution in [0.2, 0.25) is 4.34 Å². The predicted molar refractivity (Wildman–Crippen MR) is 189 cm³/mol. The number of aliphatic carboxylic acids is 2. The fourth-order valence-corrected chi connectivity index (χ4v) is 9.56. The summed E-state index contributed by atoms with van der Waals surface area (Å²) in [5, 5.41) is 44.6. The van der Waals surface area contributed by atoms with E-state index in [1.54, 1.807) is 4.90 Å². The van der Waals surface area contributed by atoms with Crippen LogP contribution in [0.4, 0.5) is 5.13 Å². The van der Waals surface area contributed by atoms with Gasteiger partial charge < -0.3 is 45.7 Å². The van der Waals surface area contributed by atoms with E-state index in [1.807, 2.05) is 0 Å². The molecule has 0 bridgehead atoms. The number of phenolic OH excluding ortho intramolecular Hbond substituents is 2. The van der Waals surface area contributed by atoms with Gasteiger partial charge in [0, 0.05) is 55.7 Å². The topological polar surface area (TPSA) is 245 Å². The Hall–Kier alpha value is -4.59. The number of nitrogen functional groups attached to an aromatic ring is 1. The van der Waals surface area contributed by atoms with Gasteiger partial charge in [-0.25, -0.2) is 14.6 Å². The Morgan fingerprint density at radius 1 is 1.15 bits per heavy atom. The first kappa shape index (κ1) is 37.2. The van der Waals surface area contributed by atoms with Crippen molar-refractivity contribution in [3.8, 4) is 11.5 Å². The number of nitrogens with zero attached hydrogens (tertiary/aromatic N) is 5. The van der Waals surface area contributed by atoms with Crippen LogP contribution in [0, 0.1) is 0 Å². The molecule has 0 radical (unpaired) electrons. The number of anilines is 1. The number of likely N-dealkylation sites (tertiary alicyclic amines) is 2. The van der Waals surface area contributed by atoms with Crippen molar-refractivity contribution < 1.29 is 53.7 Å². The number of quaternary nitrogens is 1. The normalized spacial score (nSPS) is 22.4. The van der Waals surface area contributed by atoms with E-state index in [-0.39, 0.29) is 49.9 Å². The van der Waals surface area contributed by atoms with Crippen LogP contribution in [0.1, 0.15) is 48.7 Å². The molecule has 4 aliphatic heterocycles. The minimum atomic E-state index is -1.42. The lowest BCUT2D eigenvalue weighted by Gasteiger charge is -2.51.